The van der Waals surface area contributed by atoms with Gasteiger partial charge < -0.3 is 4.74 Å². The van der Waals surface area contributed by atoms with Crippen LogP contribution >= 0.6 is 0 Å². The fourth-order valence-corrected chi connectivity index (χ4v) is 1.59. The molecule has 0 atom stereocenters. The van der Waals surface area contributed by atoms with E-state index in [2.05, 4.69) is 23.7 Å². The number of hydrogen-bond acceptors (Lipinski definition) is 1. The topological polar surface area (TPSA) is 13.1 Å². The normalized spacial score (nSPS) is 8.90. The van der Waals surface area contributed by atoms with E-state index in [0.717, 1.165) is 16.9 Å². The summed E-state index contributed by atoms with van der Waals surface area (Å²) in [6, 6.07) is 11.6. The van der Waals surface area contributed by atoms with Crippen LogP contribution in [0.2, 0.25) is 0 Å². The van der Waals surface area contributed by atoms with E-state index in [1.54, 1.807) is 0 Å². The highest BCUT2D eigenvalue weighted by Gasteiger charge is 1.91. The molecular weight excluding hydrogens is 246 g/mol. The standard InChI is InChI=1S/C18H16NO/c1-3-20-18-10-8-16(9-11-18)6-4-5-7-17-12-14-19(2)15-13-17/h8-15H,3H2,1-2H3/q+1. The lowest BCUT2D eigenvalue weighted by molar-refractivity contribution is -0.671. The maximum atomic E-state index is 5.38. The third kappa shape index (κ3) is 4.19. The zero-order valence-electron chi connectivity index (χ0n) is 11.7. The molecule has 1 heterocycles. The summed E-state index contributed by atoms with van der Waals surface area (Å²) in [6.07, 6.45) is 3.92. The summed E-state index contributed by atoms with van der Waals surface area (Å²) >= 11 is 0. The highest BCUT2D eigenvalue weighted by Crippen LogP contribution is 2.10. The van der Waals surface area contributed by atoms with Crippen LogP contribution < -0.4 is 9.30 Å². The predicted octanol–water partition coefficient (Wildman–Crippen LogP) is 2.31. The first-order valence-corrected chi connectivity index (χ1v) is 6.48. The Hall–Kier alpha value is -2.71. The molecule has 2 rings (SSSR count). The summed E-state index contributed by atoms with van der Waals surface area (Å²) in [6.45, 7) is 2.64. The molecule has 0 aliphatic rings. The lowest BCUT2D eigenvalue weighted by Gasteiger charge is -2.00. The average Bonchev–Trinajstić information content (AvgIpc) is 2.47. The molecule has 0 fully saturated rings. The fraction of sp³-hybridized carbons (Fsp3) is 0.167. The SMILES string of the molecule is CCOc1ccc(C#CC#Cc2cc[n+](C)cc2)cc1. The van der Waals surface area contributed by atoms with Crippen molar-refractivity contribution in [3.05, 3.63) is 59.9 Å². The van der Waals surface area contributed by atoms with E-state index in [4.69, 9.17) is 4.74 Å². The van der Waals surface area contributed by atoms with E-state index in [1.165, 1.54) is 0 Å². The Morgan fingerprint density at radius 1 is 0.900 bits per heavy atom. The van der Waals surface area contributed by atoms with Crippen molar-refractivity contribution >= 4 is 0 Å². The fourth-order valence-electron chi connectivity index (χ4n) is 1.59. The summed E-state index contributed by atoms with van der Waals surface area (Å²) in [5.74, 6) is 12.6. The smallest absolute Gasteiger partial charge is 0.169 e. The first kappa shape index (κ1) is 13.7. The third-order valence-corrected chi connectivity index (χ3v) is 2.62. The Balaban J connectivity index is 2.02. The maximum Gasteiger partial charge on any atom is 0.169 e. The summed E-state index contributed by atoms with van der Waals surface area (Å²) in [5.41, 5.74) is 1.89. The van der Waals surface area contributed by atoms with Crippen molar-refractivity contribution in [1.29, 1.82) is 0 Å². The summed E-state index contributed by atoms with van der Waals surface area (Å²) in [5, 5.41) is 0. The van der Waals surface area contributed by atoms with Gasteiger partial charge >= 0.3 is 0 Å². The molecule has 0 amide bonds. The second kappa shape index (κ2) is 7.02. The zero-order chi connectivity index (χ0) is 14.2. The van der Waals surface area contributed by atoms with Crippen molar-refractivity contribution in [2.75, 3.05) is 6.61 Å². The second-order valence-electron chi connectivity index (χ2n) is 4.21. The van der Waals surface area contributed by atoms with Gasteiger partial charge in [0.25, 0.3) is 0 Å². The van der Waals surface area contributed by atoms with Gasteiger partial charge in [-0.3, -0.25) is 0 Å². The van der Waals surface area contributed by atoms with E-state index in [1.807, 2.05) is 67.3 Å². The monoisotopic (exact) mass is 262 g/mol. The minimum atomic E-state index is 0.672. The third-order valence-electron chi connectivity index (χ3n) is 2.62. The van der Waals surface area contributed by atoms with Crippen molar-refractivity contribution in [2.45, 2.75) is 6.92 Å². The predicted molar refractivity (Wildman–Crippen MR) is 79.0 cm³/mol. The Bertz CT molecular complexity index is 677. The largest absolute Gasteiger partial charge is 0.494 e. The molecule has 0 aliphatic heterocycles. The van der Waals surface area contributed by atoms with Gasteiger partial charge in [-0.1, -0.05) is 11.8 Å². The molecule has 2 aromatic rings. The maximum absolute atomic E-state index is 5.38. The van der Waals surface area contributed by atoms with Crippen LogP contribution in [-0.2, 0) is 7.05 Å². The Kier molecular flexibility index (Phi) is 4.81. The van der Waals surface area contributed by atoms with Crippen LogP contribution in [0.1, 0.15) is 18.1 Å². The number of ether oxygens (including phenoxy) is 1. The number of nitrogens with zero attached hydrogens (tertiary/aromatic N) is 1. The molecule has 0 bridgehead atoms. The molecule has 1 aromatic carbocycles. The lowest BCUT2D eigenvalue weighted by atomic mass is 10.2. The van der Waals surface area contributed by atoms with Crippen molar-refractivity contribution in [3.63, 3.8) is 0 Å². The van der Waals surface area contributed by atoms with Gasteiger partial charge in [-0.25, -0.2) is 4.57 Å². The minimum absolute atomic E-state index is 0.672. The van der Waals surface area contributed by atoms with Crippen molar-refractivity contribution in [2.24, 2.45) is 7.05 Å². The number of rotatable bonds is 2. The Morgan fingerprint density at radius 2 is 1.45 bits per heavy atom. The van der Waals surface area contributed by atoms with Gasteiger partial charge in [0.2, 0.25) is 0 Å². The summed E-state index contributed by atoms with van der Waals surface area (Å²) in [4.78, 5) is 0. The van der Waals surface area contributed by atoms with Crippen LogP contribution in [0.4, 0.5) is 0 Å². The quantitative estimate of drug-likeness (QED) is 0.598. The van der Waals surface area contributed by atoms with E-state index in [-0.39, 0.29) is 0 Å². The van der Waals surface area contributed by atoms with Gasteiger partial charge in [0.15, 0.2) is 12.4 Å². The molecule has 0 saturated carbocycles. The number of pyridine rings is 1. The van der Waals surface area contributed by atoms with Gasteiger partial charge in [0, 0.05) is 23.3 Å². The first-order valence-electron chi connectivity index (χ1n) is 6.48. The molecule has 0 saturated heterocycles. The summed E-state index contributed by atoms with van der Waals surface area (Å²) < 4.78 is 7.34. The molecule has 0 aliphatic carbocycles. The summed E-state index contributed by atoms with van der Waals surface area (Å²) in [7, 11) is 1.98. The van der Waals surface area contributed by atoms with E-state index < -0.39 is 0 Å². The van der Waals surface area contributed by atoms with Crippen molar-refractivity contribution in [1.82, 2.24) is 0 Å². The molecule has 0 radical (unpaired) electrons. The van der Waals surface area contributed by atoms with E-state index >= 15 is 0 Å². The lowest BCUT2D eigenvalue weighted by Crippen LogP contribution is -2.25. The van der Waals surface area contributed by atoms with Crippen LogP contribution in [0.25, 0.3) is 0 Å². The molecule has 98 valence electrons. The van der Waals surface area contributed by atoms with Gasteiger partial charge in [-0.05, 0) is 43.0 Å². The number of benzene rings is 1. The zero-order valence-corrected chi connectivity index (χ0v) is 11.7. The second-order valence-corrected chi connectivity index (χ2v) is 4.21. The first-order chi connectivity index (χ1) is 9.78. The Morgan fingerprint density at radius 3 is 2.00 bits per heavy atom. The van der Waals surface area contributed by atoms with E-state index in [9.17, 15) is 0 Å². The van der Waals surface area contributed by atoms with Crippen LogP contribution in [0.3, 0.4) is 0 Å². The number of aryl methyl sites for hydroxylation is 1. The molecule has 2 heteroatoms. The highest BCUT2D eigenvalue weighted by molar-refractivity contribution is 5.44. The van der Waals surface area contributed by atoms with Gasteiger partial charge in [-0.2, -0.15) is 0 Å². The Labute approximate surface area is 120 Å². The van der Waals surface area contributed by atoms with Crippen LogP contribution in [0.15, 0.2) is 48.8 Å². The van der Waals surface area contributed by atoms with Gasteiger partial charge in [-0.15, -0.1) is 0 Å². The van der Waals surface area contributed by atoms with E-state index in [0.29, 0.717) is 6.61 Å². The molecule has 0 N–H and O–H groups in total. The van der Waals surface area contributed by atoms with Crippen LogP contribution in [-0.4, -0.2) is 6.61 Å². The van der Waals surface area contributed by atoms with Gasteiger partial charge in [0.05, 0.1) is 6.61 Å². The molecule has 0 unspecified atom stereocenters. The highest BCUT2D eigenvalue weighted by atomic mass is 16.5. The molecular formula is C18H16NO+. The molecule has 0 spiro atoms. The van der Waals surface area contributed by atoms with Crippen molar-refractivity contribution < 1.29 is 9.30 Å². The van der Waals surface area contributed by atoms with Gasteiger partial charge in [0.1, 0.15) is 12.8 Å². The van der Waals surface area contributed by atoms with Crippen LogP contribution in [0, 0.1) is 23.7 Å². The average molecular weight is 262 g/mol. The number of hydrogen-bond donors (Lipinski definition) is 0. The van der Waals surface area contributed by atoms with Crippen LogP contribution in [0.5, 0.6) is 5.75 Å². The molecule has 1 aromatic heterocycles. The molecule has 2 nitrogen and oxygen atoms in total. The number of aromatic nitrogens is 1. The van der Waals surface area contributed by atoms with Crippen molar-refractivity contribution in [3.8, 4) is 29.4 Å². The minimum Gasteiger partial charge on any atom is -0.494 e. The molecule has 20 heavy (non-hydrogen) atoms.